The van der Waals surface area contributed by atoms with Crippen LogP contribution in [0.4, 0.5) is 4.39 Å². The van der Waals surface area contributed by atoms with Crippen LogP contribution < -0.4 is 10.6 Å². The van der Waals surface area contributed by atoms with Gasteiger partial charge in [-0.15, -0.1) is 0 Å². The van der Waals surface area contributed by atoms with E-state index in [1.54, 1.807) is 13.3 Å². The van der Waals surface area contributed by atoms with Gasteiger partial charge in [0.05, 0.1) is 31.6 Å². The molecule has 3 rings (SSSR count). The molecule has 0 spiro atoms. The van der Waals surface area contributed by atoms with Crippen LogP contribution in [0.2, 0.25) is 0 Å². The Balaban J connectivity index is 1.65. The number of guanidine groups is 1. The molecule has 8 heteroatoms. The minimum atomic E-state index is -0.222. The molecule has 0 bridgehead atoms. The van der Waals surface area contributed by atoms with Crippen LogP contribution in [0.25, 0.3) is 0 Å². The summed E-state index contributed by atoms with van der Waals surface area (Å²) in [6.07, 6.45) is 1.72. The van der Waals surface area contributed by atoms with Gasteiger partial charge >= 0.3 is 0 Å². The van der Waals surface area contributed by atoms with Gasteiger partial charge in [0.15, 0.2) is 5.96 Å². The van der Waals surface area contributed by atoms with Crippen LogP contribution in [0.15, 0.2) is 52.1 Å². The Morgan fingerprint density at radius 2 is 1.78 bits per heavy atom. The molecule has 7 nitrogen and oxygen atoms in total. The molecule has 1 fully saturated rings. The first kappa shape index (κ1) is 24.2. The molecule has 32 heavy (non-hydrogen) atoms. The molecule has 1 aliphatic rings. The number of furan rings is 1. The smallest absolute Gasteiger partial charge is 0.191 e. The van der Waals surface area contributed by atoms with Gasteiger partial charge in [-0.3, -0.25) is 14.8 Å². The molecule has 2 atom stereocenters. The second-order valence-corrected chi connectivity index (χ2v) is 7.80. The van der Waals surface area contributed by atoms with E-state index in [4.69, 9.17) is 9.15 Å². The van der Waals surface area contributed by atoms with Crippen LogP contribution in [-0.2, 0) is 4.74 Å². The van der Waals surface area contributed by atoms with Gasteiger partial charge in [-0.2, -0.15) is 0 Å². The Kier molecular flexibility index (Phi) is 9.52. The zero-order valence-corrected chi connectivity index (χ0v) is 19.4. The normalized spacial score (nSPS) is 17.3. The van der Waals surface area contributed by atoms with Gasteiger partial charge in [-0.25, -0.2) is 4.39 Å². The summed E-state index contributed by atoms with van der Waals surface area (Å²) in [5, 5.41) is 6.93. The molecule has 0 aliphatic carbocycles. The fourth-order valence-corrected chi connectivity index (χ4v) is 4.19. The quantitative estimate of drug-likeness (QED) is 0.433. The largest absolute Gasteiger partial charge is 0.468 e. The summed E-state index contributed by atoms with van der Waals surface area (Å²) < 4.78 is 24.7. The number of halogens is 1. The van der Waals surface area contributed by atoms with Crippen molar-refractivity contribution in [1.82, 2.24) is 20.4 Å². The fourth-order valence-electron chi connectivity index (χ4n) is 4.19. The molecule has 2 N–H and O–H groups in total. The number of hydrogen-bond donors (Lipinski definition) is 2. The lowest BCUT2D eigenvalue weighted by molar-refractivity contribution is 0.0170. The highest BCUT2D eigenvalue weighted by Crippen LogP contribution is 2.22. The SMILES string of the molecule is CCN(CC)C(CNC(=NC)NCC(c1ccc(F)cc1)N1CCOCC1)c1ccco1. The van der Waals surface area contributed by atoms with E-state index in [0.717, 1.165) is 43.5 Å². The summed E-state index contributed by atoms with van der Waals surface area (Å²) in [7, 11) is 1.77. The Hall–Kier alpha value is -2.42. The number of hydrogen-bond acceptors (Lipinski definition) is 5. The molecular formula is C24H36FN5O2. The molecule has 2 aromatic rings. The minimum Gasteiger partial charge on any atom is -0.468 e. The lowest BCUT2D eigenvalue weighted by Crippen LogP contribution is -2.47. The number of nitrogens with one attached hydrogen (secondary N) is 2. The number of likely N-dealkylation sites (N-methyl/N-ethyl adjacent to an activating group) is 1. The molecule has 2 heterocycles. The number of ether oxygens (including phenoxy) is 1. The van der Waals surface area contributed by atoms with Crippen molar-refractivity contribution in [3.8, 4) is 0 Å². The maximum absolute atomic E-state index is 13.5. The Morgan fingerprint density at radius 3 is 2.38 bits per heavy atom. The minimum absolute atomic E-state index is 0.0988. The first-order valence-electron chi connectivity index (χ1n) is 11.5. The van der Waals surface area contributed by atoms with Gasteiger partial charge in [-0.05, 0) is 42.9 Å². The number of benzene rings is 1. The Morgan fingerprint density at radius 1 is 1.09 bits per heavy atom. The summed E-state index contributed by atoms with van der Waals surface area (Å²) in [5.41, 5.74) is 1.08. The highest BCUT2D eigenvalue weighted by molar-refractivity contribution is 5.79. The molecule has 0 saturated carbocycles. The van der Waals surface area contributed by atoms with E-state index in [1.807, 2.05) is 24.3 Å². The van der Waals surface area contributed by atoms with Crippen LogP contribution >= 0.6 is 0 Å². The predicted octanol–water partition coefficient (Wildman–Crippen LogP) is 3.04. The van der Waals surface area contributed by atoms with Crippen molar-refractivity contribution in [2.45, 2.75) is 25.9 Å². The number of aliphatic imine (C=N–C) groups is 1. The van der Waals surface area contributed by atoms with Gasteiger partial charge < -0.3 is 19.8 Å². The van der Waals surface area contributed by atoms with E-state index in [1.165, 1.54) is 12.1 Å². The highest BCUT2D eigenvalue weighted by atomic mass is 19.1. The van der Waals surface area contributed by atoms with Crippen LogP contribution in [0.5, 0.6) is 0 Å². The van der Waals surface area contributed by atoms with E-state index < -0.39 is 0 Å². The van der Waals surface area contributed by atoms with Crippen molar-refractivity contribution < 1.29 is 13.5 Å². The Labute approximate surface area is 190 Å². The zero-order valence-electron chi connectivity index (χ0n) is 19.4. The summed E-state index contributed by atoms with van der Waals surface area (Å²) in [5.74, 6) is 1.45. The first-order chi connectivity index (χ1) is 15.7. The molecular weight excluding hydrogens is 409 g/mol. The molecule has 0 amide bonds. The standard InChI is InChI=1S/C24H36FN5O2/c1-4-29(5-2)22(23-7-6-14-32-23)18-28-24(26-3)27-17-21(30-12-15-31-16-13-30)19-8-10-20(25)11-9-19/h6-11,14,21-22H,4-5,12-13,15-18H2,1-3H3,(H2,26,27,28). The van der Waals surface area contributed by atoms with E-state index >= 15 is 0 Å². The third kappa shape index (κ3) is 6.54. The van der Waals surface area contributed by atoms with Crippen molar-refractivity contribution in [3.05, 3.63) is 59.8 Å². The van der Waals surface area contributed by atoms with E-state index in [9.17, 15) is 4.39 Å². The van der Waals surface area contributed by atoms with E-state index in [0.29, 0.717) is 26.3 Å². The first-order valence-corrected chi connectivity index (χ1v) is 11.5. The van der Waals surface area contributed by atoms with Crippen molar-refractivity contribution in [1.29, 1.82) is 0 Å². The second-order valence-electron chi connectivity index (χ2n) is 7.80. The van der Waals surface area contributed by atoms with Gasteiger partial charge in [0.2, 0.25) is 0 Å². The summed E-state index contributed by atoms with van der Waals surface area (Å²) in [6.45, 7) is 10.6. The zero-order chi connectivity index (χ0) is 22.8. The van der Waals surface area contributed by atoms with Gasteiger partial charge in [0.1, 0.15) is 11.6 Å². The lowest BCUT2D eigenvalue weighted by Gasteiger charge is -2.35. The van der Waals surface area contributed by atoms with Crippen molar-refractivity contribution >= 4 is 5.96 Å². The monoisotopic (exact) mass is 445 g/mol. The van der Waals surface area contributed by atoms with Gasteiger partial charge in [0.25, 0.3) is 0 Å². The summed E-state index contributed by atoms with van der Waals surface area (Å²) in [4.78, 5) is 9.15. The topological polar surface area (TPSA) is 65.3 Å². The van der Waals surface area contributed by atoms with Gasteiger partial charge in [-0.1, -0.05) is 26.0 Å². The highest BCUT2D eigenvalue weighted by Gasteiger charge is 2.24. The molecule has 0 radical (unpaired) electrons. The van der Waals surface area contributed by atoms with Gasteiger partial charge in [0, 0.05) is 33.2 Å². The van der Waals surface area contributed by atoms with E-state index in [2.05, 4.69) is 39.3 Å². The van der Waals surface area contributed by atoms with Crippen molar-refractivity contribution in [3.63, 3.8) is 0 Å². The molecule has 1 saturated heterocycles. The Bertz CT molecular complexity index is 802. The van der Waals surface area contributed by atoms with Crippen LogP contribution in [-0.4, -0.2) is 75.3 Å². The third-order valence-electron chi connectivity index (χ3n) is 6.02. The number of nitrogens with zero attached hydrogens (tertiary/aromatic N) is 3. The summed E-state index contributed by atoms with van der Waals surface area (Å²) in [6, 6.07) is 10.9. The molecule has 1 aromatic heterocycles. The molecule has 2 unspecified atom stereocenters. The second kappa shape index (κ2) is 12.6. The molecule has 1 aromatic carbocycles. The maximum Gasteiger partial charge on any atom is 0.191 e. The number of rotatable bonds is 10. The van der Waals surface area contributed by atoms with Crippen LogP contribution in [0, 0.1) is 5.82 Å². The molecule has 1 aliphatic heterocycles. The average molecular weight is 446 g/mol. The van der Waals surface area contributed by atoms with Crippen molar-refractivity contribution in [2.75, 3.05) is 59.5 Å². The van der Waals surface area contributed by atoms with Crippen LogP contribution in [0.3, 0.4) is 0 Å². The van der Waals surface area contributed by atoms with E-state index in [-0.39, 0.29) is 17.9 Å². The molecule has 176 valence electrons. The van der Waals surface area contributed by atoms with Crippen LogP contribution in [0.1, 0.15) is 37.3 Å². The fraction of sp³-hybridized carbons (Fsp3) is 0.542. The third-order valence-corrected chi connectivity index (χ3v) is 6.02. The predicted molar refractivity (Wildman–Crippen MR) is 125 cm³/mol. The lowest BCUT2D eigenvalue weighted by atomic mass is 10.0. The number of morpholine rings is 1. The maximum atomic E-state index is 13.5. The van der Waals surface area contributed by atoms with Crippen molar-refractivity contribution in [2.24, 2.45) is 4.99 Å². The summed E-state index contributed by atoms with van der Waals surface area (Å²) >= 11 is 0. The average Bonchev–Trinajstić information content (AvgIpc) is 3.37.